The van der Waals surface area contributed by atoms with E-state index < -0.39 is 4.92 Å². The van der Waals surface area contributed by atoms with Crippen LogP contribution in [0.15, 0.2) is 48.1 Å². The van der Waals surface area contributed by atoms with Gasteiger partial charge in [-0.1, -0.05) is 6.07 Å². The van der Waals surface area contributed by atoms with Gasteiger partial charge in [-0.2, -0.15) is 0 Å². The van der Waals surface area contributed by atoms with Gasteiger partial charge in [0.1, 0.15) is 5.69 Å². The van der Waals surface area contributed by atoms with Gasteiger partial charge >= 0.3 is 0 Å². The van der Waals surface area contributed by atoms with Gasteiger partial charge in [-0.05, 0) is 36.4 Å². The fraction of sp³-hybridized carbons (Fsp3) is 0.286. The third kappa shape index (κ3) is 4.33. The van der Waals surface area contributed by atoms with E-state index in [-0.39, 0.29) is 34.8 Å². The summed E-state index contributed by atoms with van der Waals surface area (Å²) in [6.07, 6.45) is 4.53. The first-order valence-corrected chi connectivity index (χ1v) is 10.7. The summed E-state index contributed by atoms with van der Waals surface area (Å²) in [6, 6.07) is 8.18. The zero-order chi connectivity index (χ0) is 22.0. The van der Waals surface area contributed by atoms with Gasteiger partial charge in [0.2, 0.25) is 5.78 Å². The zero-order valence-electron chi connectivity index (χ0n) is 16.9. The Bertz CT molecular complexity index is 1120. The summed E-state index contributed by atoms with van der Waals surface area (Å²) in [7, 11) is 1.70. The monoisotopic (exact) mass is 439 g/mol. The van der Waals surface area contributed by atoms with Crippen molar-refractivity contribution in [3.63, 3.8) is 0 Å². The number of piperidine rings is 1. The van der Waals surface area contributed by atoms with Crippen molar-refractivity contribution < 1.29 is 14.5 Å². The summed E-state index contributed by atoms with van der Waals surface area (Å²) in [4.78, 5) is 42.8. The Morgan fingerprint density at radius 3 is 2.65 bits per heavy atom. The number of nitro groups is 1. The van der Waals surface area contributed by atoms with Crippen LogP contribution in [0.5, 0.6) is 0 Å². The van der Waals surface area contributed by atoms with Crippen molar-refractivity contribution in [3.8, 4) is 0 Å². The Morgan fingerprint density at radius 2 is 2.03 bits per heavy atom. The highest BCUT2D eigenvalue weighted by molar-refractivity contribution is 7.12. The van der Waals surface area contributed by atoms with Gasteiger partial charge in [0.25, 0.3) is 11.6 Å². The summed E-state index contributed by atoms with van der Waals surface area (Å²) in [5.74, 6) is -0.224. The lowest BCUT2D eigenvalue weighted by atomic mass is 10.0. The minimum atomic E-state index is -0.463. The standard InChI is InChI=1S/C21H21N5O4S/c1-24-11-8-22-20(24)19(27)14-4-5-16(17(13-14)26(29)30)25-9-6-15(7-10-25)23-21(28)18-3-2-12-31-18/h2-5,8,11-13,15H,6-7,9-10H2,1H3,(H,23,28). The van der Waals surface area contributed by atoms with Crippen LogP contribution in [0.2, 0.25) is 0 Å². The number of nitrogens with zero attached hydrogens (tertiary/aromatic N) is 4. The average molecular weight is 439 g/mol. The predicted molar refractivity (Wildman–Crippen MR) is 117 cm³/mol. The lowest BCUT2D eigenvalue weighted by Crippen LogP contribution is -2.44. The van der Waals surface area contributed by atoms with E-state index in [0.717, 1.165) is 0 Å². The Labute approximate surface area is 182 Å². The number of nitrogens with one attached hydrogen (secondary N) is 1. The van der Waals surface area contributed by atoms with Gasteiger partial charge in [-0.15, -0.1) is 11.3 Å². The highest BCUT2D eigenvalue weighted by Crippen LogP contribution is 2.32. The van der Waals surface area contributed by atoms with Crippen LogP contribution in [0.4, 0.5) is 11.4 Å². The molecule has 1 aromatic carbocycles. The fourth-order valence-corrected chi connectivity index (χ4v) is 4.35. The number of aryl methyl sites for hydroxylation is 1. The number of carbonyl (C=O) groups is 2. The van der Waals surface area contributed by atoms with Crippen LogP contribution in [0.1, 0.15) is 38.7 Å². The largest absolute Gasteiger partial charge is 0.366 e. The van der Waals surface area contributed by atoms with Crippen LogP contribution in [0.25, 0.3) is 0 Å². The molecule has 31 heavy (non-hydrogen) atoms. The van der Waals surface area contributed by atoms with Crippen molar-refractivity contribution in [1.29, 1.82) is 0 Å². The highest BCUT2D eigenvalue weighted by atomic mass is 32.1. The molecule has 1 amide bonds. The first-order chi connectivity index (χ1) is 14.9. The molecular formula is C21H21N5O4S. The van der Waals surface area contributed by atoms with Crippen molar-refractivity contribution in [2.24, 2.45) is 7.05 Å². The van der Waals surface area contributed by atoms with Crippen molar-refractivity contribution in [2.45, 2.75) is 18.9 Å². The SMILES string of the molecule is Cn1ccnc1C(=O)c1ccc(N2CCC(NC(=O)c3cccs3)CC2)c([N+](=O)[O-])c1. The molecule has 1 fully saturated rings. The third-order valence-corrected chi connectivity index (χ3v) is 6.24. The van der Waals surface area contributed by atoms with Crippen LogP contribution < -0.4 is 10.2 Å². The highest BCUT2D eigenvalue weighted by Gasteiger charge is 2.27. The second-order valence-electron chi connectivity index (χ2n) is 7.36. The van der Waals surface area contributed by atoms with Crippen LogP contribution in [0, 0.1) is 10.1 Å². The number of amides is 1. The minimum Gasteiger partial charge on any atom is -0.366 e. The quantitative estimate of drug-likeness (QED) is 0.359. The fourth-order valence-electron chi connectivity index (χ4n) is 3.72. The Balaban J connectivity index is 1.47. The van der Waals surface area contributed by atoms with E-state index in [0.29, 0.717) is 36.5 Å². The number of carbonyl (C=O) groups excluding carboxylic acids is 2. The number of nitro benzene ring substituents is 1. The van der Waals surface area contributed by atoms with Crippen molar-refractivity contribution >= 4 is 34.4 Å². The van der Waals surface area contributed by atoms with E-state index in [1.165, 1.54) is 23.6 Å². The summed E-state index contributed by atoms with van der Waals surface area (Å²) in [5.41, 5.74) is 0.591. The van der Waals surface area contributed by atoms with Gasteiger partial charge in [-0.25, -0.2) is 4.98 Å². The summed E-state index contributed by atoms with van der Waals surface area (Å²) in [6.45, 7) is 1.14. The van der Waals surface area contributed by atoms with E-state index in [1.54, 1.807) is 36.0 Å². The summed E-state index contributed by atoms with van der Waals surface area (Å²) >= 11 is 1.39. The molecule has 0 bridgehead atoms. The first-order valence-electron chi connectivity index (χ1n) is 9.84. The Kier molecular flexibility index (Phi) is 5.81. The number of anilines is 1. The number of benzene rings is 1. The molecule has 0 aliphatic carbocycles. The molecule has 9 nitrogen and oxygen atoms in total. The summed E-state index contributed by atoms with van der Waals surface area (Å²) in [5, 5.41) is 16.6. The van der Waals surface area contributed by atoms with E-state index >= 15 is 0 Å². The van der Waals surface area contributed by atoms with Crippen molar-refractivity contribution in [1.82, 2.24) is 14.9 Å². The zero-order valence-corrected chi connectivity index (χ0v) is 17.7. The van der Waals surface area contributed by atoms with Crippen LogP contribution in [-0.4, -0.2) is 45.3 Å². The van der Waals surface area contributed by atoms with Crippen LogP contribution in [-0.2, 0) is 7.05 Å². The van der Waals surface area contributed by atoms with E-state index in [9.17, 15) is 19.7 Å². The average Bonchev–Trinajstić information content (AvgIpc) is 3.45. The smallest absolute Gasteiger partial charge is 0.293 e. The molecule has 1 saturated heterocycles. The van der Waals surface area contributed by atoms with E-state index in [4.69, 9.17) is 0 Å². The number of hydrogen-bond acceptors (Lipinski definition) is 7. The maximum Gasteiger partial charge on any atom is 0.293 e. The molecule has 0 saturated carbocycles. The molecule has 2 aromatic heterocycles. The molecule has 1 aliphatic rings. The molecule has 0 unspecified atom stereocenters. The molecule has 0 spiro atoms. The van der Waals surface area contributed by atoms with Crippen molar-refractivity contribution in [3.05, 3.63) is 74.5 Å². The number of aromatic nitrogens is 2. The number of hydrogen-bond donors (Lipinski definition) is 1. The Morgan fingerprint density at radius 1 is 1.26 bits per heavy atom. The molecule has 160 valence electrons. The van der Waals surface area contributed by atoms with E-state index in [2.05, 4.69) is 10.3 Å². The number of rotatable bonds is 6. The molecule has 1 aliphatic heterocycles. The van der Waals surface area contributed by atoms with Crippen LogP contribution in [0.3, 0.4) is 0 Å². The van der Waals surface area contributed by atoms with Gasteiger partial charge in [0.15, 0.2) is 5.82 Å². The molecule has 0 radical (unpaired) electrons. The molecule has 4 rings (SSSR count). The molecule has 3 heterocycles. The number of thiophene rings is 1. The number of ketones is 1. The lowest BCUT2D eigenvalue weighted by Gasteiger charge is -2.33. The Hall–Kier alpha value is -3.53. The normalized spacial score (nSPS) is 14.4. The van der Waals surface area contributed by atoms with Crippen molar-refractivity contribution in [2.75, 3.05) is 18.0 Å². The van der Waals surface area contributed by atoms with Gasteiger partial charge in [0, 0.05) is 50.2 Å². The number of imidazole rings is 1. The topological polar surface area (TPSA) is 110 Å². The second kappa shape index (κ2) is 8.68. The van der Waals surface area contributed by atoms with Gasteiger partial charge in [0.05, 0.1) is 9.80 Å². The molecule has 3 aromatic rings. The minimum absolute atomic E-state index is 0.0224. The predicted octanol–water partition coefficient (Wildman–Crippen LogP) is 3.02. The van der Waals surface area contributed by atoms with E-state index in [1.807, 2.05) is 16.3 Å². The summed E-state index contributed by atoms with van der Waals surface area (Å²) < 4.78 is 1.58. The van der Waals surface area contributed by atoms with Gasteiger partial charge < -0.3 is 14.8 Å². The maximum absolute atomic E-state index is 12.7. The second-order valence-corrected chi connectivity index (χ2v) is 8.31. The molecular weight excluding hydrogens is 418 g/mol. The third-order valence-electron chi connectivity index (χ3n) is 5.37. The molecule has 0 atom stereocenters. The maximum atomic E-state index is 12.7. The molecule has 10 heteroatoms. The lowest BCUT2D eigenvalue weighted by molar-refractivity contribution is -0.384. The van der Waals surface area contributed by atoms with Crippen LogP contribution >= 0.6 is 11.3 Å². The van der Waals surface area contributed by atoms with Gasteiger partial charge in [-0.3, -0.25) is 19.7 Å². The first kappa shape index (κ1) is 20.7. The molecule has 1 N–H and O–H groups in total.